The molecule has 0 bridgehead atoms. The first kappa shape index (κ1) is 19.9. The van der Waals surface area contributed by atoms with E-state index in [1.807, 2.05) is 6.07 Å². The molecule has 1 N–H and O–H groups in total. The first-order valence-electron chi connectivity index (χ1n) is 8.71. The first-order valence-corrected chi connectivity index (χ1v) is 11.6. The van der Waals surface area contributed by atoms with Gasteiger partial charge in [-0.3, -0.25) is 4.72 Å². The quantitative estimate of drug-likeness (QED) is 0.825. The minimum atomic E-state index is -3.82. The number of benzene rings is 2. The number of hydrogen-bond acceptors (Lipinski definition) is 4. The predicted molar refractivity (Wildman–Crippen MR) is 106 cm³/mol. The van der Waals surface area contributed by atoms with Gasteiger partial charge in [0.05, 0.1) is 15.5 Å². The fourth-order valence-corrected chi connectivity index (χ4v) is 5.39. The summed E-state index contributed by atoms with van der Waals surface area (Å²) >= 11 is 0. The molecule has 8 heteroatoms. The highest BCUT2D eigenvalue weighted by Gasteiger charge is 2.23. The molecule has 3 rings (SSSR count). The molecule has 0 aromatic heterocycles. The lowest BCUT2D eigenvalue weighted by Crippen LogP contribution is -2.23. The molecule has 2 aromatic rings. The van der Waals surface area contributed by atoms with Gasteiger partial charge in [0.2, 0.25) is 10.0 Å². The number of hydrogen-bond donors (Lipinski definition) is 1. The van der Waals surface area contributed by atoms with E-state index in [1.54, 1.807) is 32.0 Å². The molecule has 146 valence electrons. The van der Waals surface area contributed by atoms with Crippen molar-refractivity contribution in [3.63, 3.8) is 0 Å². The largest absolute Gasteiger partial charge is 0.279 e. The summed E-state index contributed by atoms with van der Waals surface area (Å²) in [6.07, 6.45) is 2.90. The van der Waals surface area contributed by atoms with Gasteiger partial charge in [-0.15, -0.1) is 0 Å². The molecule has 0 aliphatic heterocycles. The molecule has 0 radical (unpaired) electrons. The summed E-state index contributed by atoms with van der Waals surface area (Å²) < 4.78 is 54.4. The van der Waals surface area contributed by atoms with Crippen LogP contribution in [0.5, 0.6) is 0 Å². The summed E-state index contributed by atoms with van der Waals surface area (Å²) in [6, 6.07) is 8.12. The van der Waals surface area contributed by atoms with E-state index in [0.717, 1.165) is 29.1 Å². The third-order valence-corrected chi connectivity index (χ3v) is 8.20. The summed E-state index contributed by atoms with van der Waals surface area (Å²) in [4.78, 5) is 0.253. The Morgan fingerprint density at radius 1 is 0.889 bits per heavy atom. The summed E-state index contributed by atoms with van der Waals surface area (Å²) in [5.41, 5.74) is 3.92. The maximum atomic E-state index is 12.9. The van der Waals surface area contributed by atoms with E-state index in [9.17, 15) is 16.8 Å². The van der Waals surface area contributed by atoms with Crippen molar-refractivity contribution < 1.29 is 16.8 Å². The number of aryl methyl sites for hydroxylation is 3. The molecule has 2 aromatic carbocycles. The Bertz CT molecular complexity index is 1100. The smallest absolute Gasteiger partial charge is 0.261 e. The number of anilines is 1. The molecule has 0 saturated heterocycles. The number of rotatable bonds is 5. The first-order chi connectivity index (χ1) is 12.5. The number of nitrogens with zero attached hydrogens (tertiary/aromatic N) is 1. The Morgan fingerprint density at radius 3 is 2.22 bits per heavy atom. The van der Waals surface area contributed by atoms with Crippen LogP contribution in [0.3, 0.4) is 0 Å². The Morgan fingerprint density at radius 2 is 1.56 bits per heavy atom. The third-order valence-electron chi connectivity index (χ3n) is 5.04. The Labute approximate surface area is 161 Å². The van der Waals surface area contributed by atoms with Crippen LogP contribution in [0.1, 0.15) is 28.7 Å². The number of fused-ring (bicyclic) bond motifs is 1. The molecule has 1 aliphatic carbocycles. The third kappa shape index (κ3) is 3.74. The molecule has 0 saturated carbocycles. The van der Waals surface area contributed by atoms with E-state index >= 15 is 0 Å². The van der Waals surface area contributed by atoms with Gasteiger partial charge in [-0.05, 0) is 79.6 Å². The normalized spacial score (nSPS) is 14.4. The molecular formula is C19H24N2O4S2. The van der Waals surface area contributed by atoms with Crippen LogP contribution in [-0.2, 0) is 32.9 Å². The van der Waals surface area contributed by atoms with E-state index in [0.29, 0.717) is 11.1 Å². The van der Waals surface area contributed by atoms with Gasteiger partial charge in [0.1, 0.15) is 0 Å². The SMILES string of the molecule is Cc1cc(S(=O)(=O)N(C)C)cc(NS(=O)(=O)c2ccc3c(c2)CCC3)c1C. The molecule has 0 fully saturated rings. The van der Waals surface area contributed by atoms with Crippen LogP contribution in [0.15, 0.2) is 40.1 Å². The fraction of sp³-hybridized carbons (Fsp3) is 0.368. The van der Waals surface area contributed by atoms with Crippen molar-refractivity contribution in [2.24, 2.45) is 0 Å². The lowest BCUT2D eigenvalue weighted by molar-refractivity contribution is 0.520. The molecule has 0 amide bonds. The van der Waals surface area contributed by atoms with Crippen molar-refractivity contribution in [2.45, 2.75) is 42.9 Å². The minimum absolute atomic E-state index is 0.0576. The van der Waals surface area contributed by atoms with Crippen LogP contribution in [-0.4, -0.2) is 35.2 Å². The summed E-state index contributed by atoms with van der Waals surface area (Å²) in [5, 5.41) is 0. The van der Waals surface area contributed by atoms with Crippen LogP contribution in [0.2, 0.25) is 0 Å². The Kier molecular flexibility index (Phi) is 5.09. The zero-order valence-corrected chi connectivity index (χ0v) is 17.5. The van der Waals surface area contributed by atoms with E-state index < -0.39 is 20.0 Å². The van der Waals surface area contributed by atoms with Gasteiger partial charge >= 0.3 is 0 Å². The Balaban J connectivity index is 2.03. The maximum Gasteiger partial charge on any atom is 0.261 e. The van der Waals surface area contributed by atoms with E-state index in [4.69, 9.17) is 0 Å². The van der Waals surface area contributed by atoms with E-state index in [-0.39, 0.29) is 15.5 Å². The van der Waals surface area contributed by atoms with Gasteiger partial charge in [0.25, 0.3) is 10.0 Å². The monoisotopic (exact) mass is 408 g/mol. The molecular weight excluding hydrogens is 384 g/mol. The standard InChI is InChI=1S/C19H24N2O4S2/c1-13-10-18(27(24,25)21(3)4)12-19(14(13)2)20-26(22,23)17-9-8-15-6-5-7-16(15)11-17/h8-12,20H,5-7H2,1-4H3. The predicted octanol–water partition coefficient (Wildman–Crippen LogP) is 2.84. The van der Waals surface area contributed by atoms with Crippen LogP contribution >= 0.6 is 0 Å². The molecule has 0 unspecified atom stereocenters. The van der Waals surface area contributed by atoms with Gasteiger partial charge in [0, 0.05) is 14.1 Å². The van der Waals surface area contributed by atoms with Crippen molar-refractivity contribution in [2.75, 3.05) is 18.8 Å². The zero-order chi connectivity index (χ0) is 20.0. The van der Waals surface area contributed by atoms with Crippen LogP contribution in [0, 0.1) is 13.8 Å². The highest BCUT2D eigenvalue weighted by atomic mass is 32.2. The Hall–Kier alpha value is -1.90. The van der Waals surface area contributed by atoms with Gasteiger partial charge in [-0.1, -0.05) is 6.07 Å². The lowest BCUT2D eigenvalue weighted by atomic mass is 10.1. The van der Waals surface area contributed by atoms with Crippen LogP contribution in [0.4, 0.5) is 5.69 Å². The number of nitrogens with one attached hydrogen (secondary N) is 1. The summed E-state index contributed by atoms with van der Waals surface area (Å²) in [6.45, 7) is 3.53. The lowest BCUT2D eigenvalue weighted by Gasteiger charge is -2.17. The van der Waals surface area contributed by atoms with E-state index in [1.165, 1.54) is 25.7 Å². The summed E-state index contributed by atoms with van der Waals surface area (Å²) in [5.74, 6) is 0. The topological polar surface area (TPSA) is 83.6 Å². The second-order valence-electron chi connectivity index (χ2n) is 7.09. The molecule has 1 aliphatic rings. The van der Waals surface area contributed by atoms with Crippen molar-refractivity contribution >= 4 is 25.7 Å². The van der Waals surface area contributed by atoms with Gasteiger partial charge in [0.15, 0.2) is 0 Å². The average molecular weight is 409 g/mol. The number of sulfonamides is 2. The fourth-order valence-electron chi connectivity index (χ4n) is 3.21. The molecule has 0 heterocycles. The highest BCUT2D eigenvalue weighted by Crippen LogP contribution is 2.29. The van der Waals surface area contributed by atoms with Gasteiger partial charge in [-0.2, -0.15) is 0 Å². The van der Waals surface area contributed by atoms with Gasteiger partial charge < -0.3 is 0 Å². The second kappa shape index (κ2) is 6.92. The van der Waals surface area contributed by atoms with E-state index in [2.05, 4.69) is 4.72 Å². The maximum absolute atomic E-state index is 12.9. The molecule has 0 spiro atoms. The van der Waals surface area contributed by atoms with Crippen molar-refractivity contribution in [3.05, 3.63) is 52.6 Å². The molecule has 27 heavy (non-hydrogen) atoms. The van der Waals surface area contributed by atoms with Crippen molar-refractivity contribution in [3.8, 4) is 0 Å². The van der Waals surface area contributed by atoms with Crippen LogP contribution in [0.25, 0.3) is 0 Å². The van der Waals surface area contributed by atoms with Gasteiger partial charge in [-0.25, -0.2) is 21.1 Å². The zero-order valence-electron chi connectivity index (χ0n) is 15.9. The molecule has 6 nitrogen and oxygen atoms in total. The van der Waals surface area contributed by atoms with Crippen molar-refractivity contribution in [1.29, 1.82) is 0 Å². The summed E-state index contributed by atoms with van der Waals surface area (Å²) in [7, 11) is -4.60. The highest BCUT2D eigenvalue weighted by molar-refractivity contribution is 7.92. The second-order valence-corrected chi connectivity index (χ2v) is 10.9. The van der Waals surface area contributed by atoms with Crippen LogP contribution < -0.4 is 4.72 Å². The minimum Gasteiger partial charge on any atom is -0.279 e. The molecule has 0 atom stereocenters. The van der Waals surface area contributed by atoms with Crippen molar-refractivity contribution in [1.82, 2.24) is 4.31 Å². The average Bonchev–Trinajstić information content (AvgIpc) is 3.06.